The minimum absolute atomic E-state index is 0.00149. The summed E-state index contributed by atoms with van der Waals surface area (Å²) in [6.45, 7) is -0.853. The zero-order valence-electron chi connectivity index (χ0n) is 37.6. The Kier molecular flexibility index (Phi) is 12.8. The number of para-hydroxylation sites is 1. The number of nitro groups is 1. The van der Waals surface area contributed by atoms with Crippen molar-refractivity contribution < 1.29 is 48.5 Å². The van der Waals surface area contributed by atoms with E-state index in [0.29, 0.717) is 39.1 Å². The minimum atomic E-state index is -2.16. The SMILES string of the molecule is O=C1O[C@@H](c2ccccc2)[C@@H](c2ccccc2)N2[C@@H](c3ccc(OCCO)cc3)[C@]3(C(=O)N(C(=O)OCc4ccc([N+](=O)[O-])cc4)c4ccc(C#CCCO)cc43)[C@@H](C(=O)Nc3nc4ccccc4s3)[C@H]12. The highest BCUT2D eigenvalue weighted by Gasteiger charge is 2.76. The lowest BCUT2D eigenvalue weighted by atomic mass is 9.65. The summed E-state index contributed by atoms with van der Waals surface area (Å²) in [5.41, 5.74) is 1.11. The van der Waals surface area contributed by atoms with Crippen molar-refractivity contribution in [1.82, 2.24) is 9.88 Å². The smallest absolute Gasteiger partial charge is 0.421 e. The lowest BCUT2D eigenvalue weighted by molar-refractivity contribution is -0.384. The van der Waals surface area contributed by atoms with Gasteiger partial charge >= 0.3 is 12.1 Å². The van der Waals surface area contributed by atoms with Gasteiger partial charge in [0.1, 0.15) is 36.5 Å². The second kappa shape index (κ2) is 19.6. The molecule has 3 aliphatic rings. The van der Waals surface area contributed by atoms with Crippen molar-refractivity contribution in [3.63, 3.8) is 0 Å². The Morgan fingerprint density at radius 2 is 1.54 bits per heavy atom. The second-order valence-corrected chi connectivity index (χ2v) is 18.0. The summed E-state index contributed by atoms with van der Waals surface area (Å²) in [4.78, 5) is 81.0. The highest BCUT2D eigenvalue weighted by molar-refractivity contribution is 7.22. The molecule has 0 unspecified atom stereocenters. The molecule has 3 aliphatic heterocycles. The molecular formula is C54H43N5O11S. The second-order valence-electron chi connectivity index (χ2n) is 17.0. The molecule has 0 radical (unpaired) electrons. The van der Waals surface area contributed by atoms with Gasteiger partial charge in [-0.05, 0) is 82.4 Å². The van der Waals surface area contributed by atoms with E-state index >= 15 is 14.4 Å². The van der Waals surface area contributed by atoms with Crippen LogP contribution in [0.5, 0.6) is 5.75 Å². The van der Waals surface area contributed by atoms with Gasteiger partial charge in [0.15, 0.2) is 5.13 Å². The fourth-order valence-electron chi connectivity index (χ4n) is 10.1. The van der Waals surface area contributed by atoms with Gasteiger partial charge in [-0.3, -0.25) is 29.4 Å². The normalized spacial score (nSPS) is 21.2. The number of non-ortho nitro benzene ring substituents is 1. The zero-order chi connectivity index (χ0) is 49.2. The molecule has 16 nitrogen and oxygen atoms in total. The lowest BCUT2D eigenvalue weighted by Gasteiger charge is -2.46. The molecule has 17 heteroatoms. The van der Waals surface area contributed by atoms with Crippen LogP contribution in [0.3, 0.4) is 0 Å². The van der Waals surface area contributed by atoms with Gasteiger partial charge < -0.3 is 29.7 Å². The Hall–Kier alpha value is -8.27. The molecule has 3 N–H and O–H groups in total. The highest BCUT2D eigenvalue weighted by Crippen LogP contribution is 2.66. The summed E-state index contributed by atoms with van der Waals surface area (Å²) in [5, 5.41) is 33.9. The van der Waals surface area contributed by atoms with Crippen molar-refractivity contribution in [3.8, 4) is 17.6 Å². The number of amides is 3. The first-order valence-electron chi connectivity index (χ1n) is 22.7. The average Bonchev–Trinajstić information content (AvgIpc) is 4.03. The number of thiazole rings is 1. The summed E-state index contributed by atoms with van der Waals surface area (Å²) in [7, 11) is 0. The van der Waals surface area contributed by atoms with Crippen LogP contribution in [0.25, 0.3) is 10.2 Å². The first kappa shape index (κ1) is 46.5. The first-order valence-corrected chi connectivity index (χ1v) is 23.5. The predicted molar refractivity (Wildman–Crippen MR) is 261 cm³/mol. The van der Waals surface area contributed by atoms with E-state index in [1.54, 1.807) is 48.5 Å². The van der Waals surface area contributed by atoms with Gasteiger partial charge in [-0.1, -0.05) is 108 Å². The van der Waals surface area contributed by atoms with Crippen molar-refractivity contribution in [3.05, 3.63) is 195 Å². The van der Waals surface area contributed by atoms with E-state index in [1.165, 1.54) is 35.6 Å². The van der Waals surface area contributed by atoms with Gasteiger partial charge in [0.25, 0.3) is 5.69 Å². The number of nitrogens with one attached hydrogen (secondary N) is 1. The molecule has 4 heterocycles. The van der Waals surface area contributed by atoms with E-state index in [9.17, 15) is 25.1 Å². The van der Waals surface area contributed by atoms with Gasteiger partial charge in [0.05, 0.1) is 52.0 Å². The van der Waals surface area contributed by atoms with Crippen LogP contribution in [0.4, 0.5) is 21.3 Å². The average molecular weight is 970 g/mol. The van der Waals surface area contributed by atoms with Crippen LogP contribution < -0.4 is 15.0 Å². The van der Waals surface area contributed by atoms with Crippen LogP contribution in [0.1, 0.15) is 58.0 Å². The maximum absolute atomic E-state index is 16.5. The maximum atomic E-state index is 16.5. The number of esters is 1. The molecule has 10 rings (SSSR count). The summed E-state index contributed by atoms with van der Waals surface area (Å²) < 4.78 is 19.0. The van der Waals surface area contributed by atoms with Gasteiger partial charge in [0, 0.05) is 24.1 Å². The molecule has 6 aromatic carbocycles. The number of hydrogen-bond acceptors (Lipinski definition) is 14. The molecule has 71 heavy (non-hydrogen) atoms. The third kappa shape index (κ3) is 8.42. The Balaban J connectivity index is 1.23. The number of aliphatic hydroxyl groups excluding tert-OH is 2. The third-order valence-corrected chi connectivity index (χ3v) is 13.9. The van der Waals surface area contributed by atoms with Crippen molar-refractivity contribution in [1.29, 1.82) is 0 Å². The zero-order valence-corrected chi connectivity index (χ0v) is 38.4. The molecule has 7 aromatic rings. The van der Waals surface area contributed by atoms with E-state index in [1.807, 2.05) is 83.8 Å². The minimum Gasteiger partial charge on any atom is -0.491 e. The van der Waals surface area contributed by atoms with Crippen LogP contribution in [-0.2, 0) is 35.9 Å². The molecule has 0 saturated carbocycles. The van der Waals surface area contributed by atoms with Crippen molar-refractivity contribution >= 4 is 61.9 Å². The van der Waals surface area contributed by atoms with Gasteiger partial charge in [-0.15, -0.1) is 0 Å². The summed E-state index contributed by atoms with van der Waals surface area (Å²) in [6, 6.07) is 39.2. The first-order chi connectivity index (χ1) is 34.6. The summed E-state index contributed by atoms with van der Waals surface area (Å²) in [6.07, 6.45) is -1.96. The van der Waals surface area contributed by atoms with E-state index in [2.05, 4.69) is 17.2 Å². The number of cyclic esters (lactones) is 1. The monoisotopic (exact) mass is 969 g/mol. The summed E-state index contributed by atoms with van der Waals surface area (Å²) >= 11 is 1.21. The molecule has 0 bridgehead atoms. The fourth-order valence-corrected chi connectivity index (χ4v) is 11.0. The number of nitrogens with zero attached hydrogens (tertiary/aromatic N) is 4. The summed E-state index contributed by atoms with van der Waals surface area (Å²) in [5.74, 6) is 2.29. The molecule has 3 amide bonds. The third-order valence-electron chi connectivity index (χ3n) is 13.0. The van der Waals surface area contributed by atoms with Crippen molar-refractivity contribution in [2.24, 2.45) is 5.92 Å². The van der Waals surface area contributed by atoms with E-state index in [0.717, 1.165) is 9.60 Å². The number of carbonyl (C=O) groups is 4. The van der Waals surface area contributed by atoms with Crippen LogP contribution in [0.15, 0.2) is 152 Å². The number of nitro benzene ring substituents is 1. The number of carbonyl (C=O) groups excluding carboxylic acids is 4. The number of anilines is 2. The fraction of sp³-hybridized carbons (Fsp3) is 0.204. The number of ether oxygens (including phenoxy) is 3. The quantitative estimate of drug-likeness (QED) is 0.0460. The molecule has 1 spiro atoms. The Bertz CT molecular complexity index is 3200. The Labute approximate surface area is 410 Å². The van der Waals surface area contributed by atoms with Crippen LogP contribution in [0.2, 0.25) is 0 Å². The molecule has 0 aliphatic carbocycles. The van der Waals surface area contributed by atoms with Crippen LogP contribution >= 0.6 is 11.3 Å². The molecule has 356 valence electrons. The maximum Gasteiger partial charge on any atom is 0.421 e. The van der Waals surface area contributed by atoms with Gasteiger partial charge in [-0.25, -0.2) is 14.7 Å². The number of fused-ring (bicyclic) bond motifs is 4. The molecule has 6 atom stereocenters. The lowest BCUT2D eigenvalue weighted by Crippen LogP contribution is -2.54. The number of morpholine rings is 1. The number of imide groups is 1. The topological polar surface area (TPSA) is 211 Å². The van der Waals surface area contributed by atoms with E-state index in [4.69, 9.17) is 19.2 Å². The largest absolute Gasteiger partial charge is 0.491 e. The molecular weight excluding hydrogens is 927 g/mol. The van der Waals surface area contributed by atoms with E-state index < -0.39 is 64.4 Å². The number of rotatable bonds is 12. The van der Waals surface area contributed by atoms with Gasteiger partial charge in [-0.2, -0.15) is 0 Å². The van der Waals surface area contributed by atoms with Crippen LogP contribution in [0, 0.1) is 27.9 Å². The number of benzene rings is 6. The predicted octanol–water partition coefficient (Wildman–Crippen LogP) is 7.95. The number of hydrogen-bond donors (Lipinski definition) is 3. The number of aliphatic hydroxyl groups is 2. The molecule has 2 saturated heterocycles. The van der Waals surface area contributed by atoms with Crippen molar-refractivity contribution in [2.75, 3.05) is 30.0 Å². The Morgan fingerprint density at radius 1 is 0.831 bits per heavy atom. The van der Waals surface area contributed by atoms with E-state index in [-0.39, 0.29) is 54.9 Å². The Morgan fingerprint density at radius 3 is 2.23 bits per heavy atom. The van der Waals surface area contributed by atoms with Crippen LogP contribution in [-0.4, -0.2) is 74.8 Å². The molecule has 1 aromatic heterocycles. The molecule has 2 fully saturated rings. The van der Waals surface area contributed by atoms with Crippen molar-refractivity contribution in [2.45, 2.75) is 42.7 Å². The standard InChI is InChI=1S/C54H43N5O11S/c60-28-10-9-11-33-20-27-42-40(31-33)54(51(64)57(42)53(65)69-32-34-18-23-38(24-19-34)59(66)67)44(49(62)56-52-55-41-16-7-8-17-43(41)71-52)46-50(63)70-47(36-14-5-2-6-15-36)45(35-12-3-1-4-13-35)58(46)48(54)37-21-25-39(26-22-37)68-30-29-61/h1-8,12-27,31,44-48,60-61H,10,28-30,32H2,(H,55,56,62)/t44-,45-,46-,47+,48+,54-/m1/s1. The highest BCUT2D eigenvalue weighted by atomic mass is 32.1. The number of aromatic nitrogens is 1. The van der Waals surface area contributed by atoms with Gasteiger partial charge in [0.2, 0.25) is 11.8 Å².